The van der Waals surface area contributed by atoms with Gasteiger partial charge in [-0.3, -0.25) is 0 Å². The lowest BCUT2D eigenvalue weighted by atomic mass is 10.0. The number of benzene rings is 2. The third-order valence-electron chi connectivity index (χ3n) is 3.45. The van der Waals surface area contributed by atoms with Gasteiger partial charge in [0.1, 0.15) is 5.82 Å². The molecule has 0 bridgehead atoms. The quantitative estimate of drug-likeness (QED) is 0.606. The molecule has 0 aliphatic heterocycles. The van der Waals surface area contributed by atoms with E-state index in [0.717, 1.165) is 17.2 Å². The smallest absolute Gasteiger partial charge is 0.162 e. The van der Waals surface area contributed by atoms with E-state index in [4.69, 9.17) is 0 Å². The van der Waals surface area contributed by atoms with Crippen molar-refractivity contribution in [2.24, 2.45) is 0 Å². The van der Waals surface area contributed by atoms with Crippen LogP contribution in [0.2, 0.25) is 0 Å². The minimum atomic E-state index is -0.767. The predicted molar refractivity (Wildman–Crippen MR) is 85.7 cm³/mol. The molecule has 22 heavy (non-hydrogen) atoms. The summed E-state index contributed by atoms with van der Waals surface area (Å²) in [5.41, 5.74) is 1.98. The van der Waals surface area contributed by atoms with Gasteiger partial charge < -0.3 is 0 Å². The van der Waals surface area contributed by atoms with Gasteiger partial charge in [-0.1, -0.05) is 58.0 Å². The van der Waals surface area contributed by atoms with E-state index in [1.165, 1.54) is 6.07 Å². The van der Waals surface area contributed by atoms with Crippen molar-refractivity contribution >= 4 is 0 Å². The lowest BCUT2D eigenvalue weighted by Crippen LogP contribution is -1.95. The van der Waals surface area contributed by atoms with Gasteiger partial charge in [-0.2, -0.15) is 0 Å². The molecule has 0 fully saturated rings. The van der Waals surface area contributed by atoms with Gasteiger partial charge in [-0.05, 0) is 41.5 Å². The van der Waals surface area contributed by atoms with Crippen LogP contribution < -0.4 is 0 Å². The van der Waals surface area contributed by atoms with E-state index in [-0.39, 0.29) is 17.7 Å². The number of hydrogen-bond acceptors (Lipinski definition) is 0. The Bertz CT molecular complexity index is 561. The van der Waals surface area contributed by atoms with E-state index in [9.17, 15) is 13.2 Å². The van der Waals surface area contributed by atoms with Crippen molar-refractivity contribution in [3.8, 4) is 0 Å². The summed E-state index contributed by atoms with van der Waals surface area (Å²) < 4.78 is 38.7. The molecule has 2 rings (SSSR count). The molecular weight excluding hydrogens is 285 g/mol. The van der Waals surface area contributed by atoms with Crippen molar-refractivity contribution in [3.63, 3.8) is 0 Å². The second-order valence-corrected chi connectivity index (χ2v) is 5.93. The lowest BCUT2D eigenvalue weighted by molar-refractivity contribution is 0.494. The van der Waals surface area contributed by atoms with E-state index < -0.39 is 11.6 Å². The Morgan fingerprint density at radius 1 is 0.682 bits per heavy atom. The van der Waals surface area contributed by atoms with Crippen LogP contribution in [0.4, 0.5) is 13.2 Å². The number of hydrogen-bond donors (Lipinski definition) is 0. The molecule has 0 heterocycles. The van der Waals surface area contributed by atoms with Gasteiger partial charge in [0, 0.05) is 0 Å². The zero-order valence-corrected chi connectivity index (χ0v) is 13.8. The van der Waals surface area contributed by atoms with Crippen molar-refractivity contribution in [1.29, 1.82) is 0 Å². The van der Waals surface area contributed by atoms with E-state index in [0.29, 0.717) is 5.56 Å². The molecule has 3 heteroatoms. The lowest BCUT2D eigenvalue weighted by Gasteiger charge is -2.07. The summed E-state index contributed by atoms with van der Waals surface area (Å²) in [5, 5.41) is 0. The molecule has 0 nitrogen and oxygen atoms in total. The van der Waals surface area contributed by atoms with Crippen LogP contribution in [-0.4, -0.2) is 0 Å². The largest absolute Gasteiger partial charge is 0.206 e. The van der Waals surface area contributed by atoms with E-state index in [2.05, 4.69) is 0 Å². The highest BCUT2D eigenvalue weighted by molar-refractivity contribution is 5.27. The molecule has 0 spiro atoms. The third kappa shape index (κ3) is 4.62. The first-order valence-electron chi connectivity index (χ1n) is 7.44. The van der Waals surface area contributed by atoms with Crippen LogP contribution in [0.25, 0.3) is 0 Å². The highest BCUT2D eigenvalue weighted by Crippen LogP contribution is 2.20. The second kappa shape index (κ2) is 8.02. The molecular formula is C19H23F3. The second-order valence-electron chi connectivity index (χ2n) is 5.93. The predicted octanol–water partition coefficient (Wildman–Crippen LogP) is 6.35. The van der Waals surface area contributed by atoms with E-state index in [1.54, 1.807) is 19.1 Å². The van der Waals surface area contributed by atoms with Crippen molar-refractivity contribution < 1.29 is 13.2 Å². The topological polar surface area (TPSA) is 0 Å². The van der Waals surface area contributed by atoms with Crippen LogP contribution in [-0.2, 0) is 0 Å². The van der Waals surface area contributed by atoms with E-state index in [1.807, 2.05) is 39.8 Å². The fraction of sp³-hybridized carbons (Fsp3) is 0.368. The normalized spacial score (nSPS) is 10.6. The number of aryl methyl sites for hydroxylation is 1. The van der Waals surface area contributed by atoms with Crippen molar-refractivity contribution in [3.05, 3.63) is 70.5 Å². The standard InChI is InChI=1S/C10H13F.C9H10F2/c1-7(2)9-6-4-5-8(3)10(9)11;1-6(2)7-4-3-5-8(10)9(7)11/h4-7H,1-3H3;3-6H,1-2H3. The van der Waals surface area contributed by atoms with Gasteiger partial charge in [0.25, 0.3) is 0 Å². The van der Waals surface area contributed by atoms with Crippen LogP contribution in [0.1, 0.15) is 56.2 Å². The maximum Gasteiger partial charge on any atom is 0.162 e. The summed E-state index contributed by atoms with van der Waals surface area (Å²) in [6.07, 6.45) is 0. The summed E-state index contributed by atoms with van der Waals surface area (Å²) in [4.78, 5) is 0. The van der Waals surface area contributed by atoms with Gasteiger partial charge in [-0.25, -0.2) is 13.2 Å². The van der Waals surface area contributed by atoms with Crippen LogP contribution in [0.5, 0.6) is 0 Å². The first-order valence-corrected chi connectivity index (χ1v) is 7.44. The Labute approximate surface area is 131 Å². The molecule has 120 valence electrons. The first kappa shape index (κ1) is 18.3. The number of halogens is 3. The average molecular weight is 308 g/mol. The zero-order valence-electron chi connectivity index (χ0n) is 13.8. The zero-order chi connectivity index (χ0) is 16.9. The highest BCUT2D eigenvalue weighted by Gasteiger charge is 2.09. The van der Waals surface area contributed by atoms with Crippen LogP contribution in [0.15, 0.2) is 36.4 Å². The van der Waals surface area contributed by atoms with Gasteiger partial charge >= 0.3 is 0 Å². The van der Waals surface area contributed by atoms with Crippen LogP contribution in [0, 0.1) is 24.4 Å². The van der Waals surface area contributed by atoms with Crippen molar-refractivity contribution in [2.75, 3.05) is 0 Å². The molecule has 0 atom stereocenters. The van der Waals surface area contributed by atoms with Crippen molar-refractivity contribution in [1.82, 2.24) is 0 Å². The van der Waals surface area contributed by atoms with Gasteiger partial charge in [0.2, 0.25) is 0 Å². The summed E-state index contributed by atoms with van der Waals surface area (Å²) in [6.45, 7) is 9.45. The molecule has 0 amide bonds. The number of rotatable bonds is 2. The molecule has 2 aromatic rings. The third-order valence-corrected chi connectivity index (χ3v) is 3.45. The Balaban J connectivity index is 0.000000220. The molecule has 0 radical (unpaired) electrons. The SMILES string of the molecule is CC(C)c1cccc(F)c1F.Cc1cccc(C(C)C)c1F. The van der Waals surface area contributed by atoms with Gasteiger partial charge in [0.15, 0.2) is 11.6 Å². The Morgan fingerprint density at radius 2 is 1.14 bits per heavy atom. The molecule has 2 aromatic carbocycles. The molecule has 0 saturated carbocycles. The molecule has 0 unspecified atom stereocenters. The van der Waals surface area contributed by atoms with E-state index >= 15 is 0 Å². The summed E-state index contributed by atoms with van der Waals surface area (Å²) in [7, 11) is 0. The molecule has 0 N–H and O–H groups in total. The molecule has 0 aliphatic carbocycles. The van der Waals surface area contributed by atoms with Gasteiger partial charge in [-0.15, -0.1) is 0 Å². The molecule has 0 saturated heterocycles. The Kier molecular flexibility index (Phi) is 6.66. The average Bonchev–Trinajstić information content (AvgIpc) is 2.45. The maximum absolute atomic E-state index is 13.3. The van der Waals surface area contributed by atoms with Gasteiger partial charge in [0.05, 0.1) is 0 Å². The monoisotopic (exact) mass is 308 g/mol. The minimum Gasteiger partial charge on any atom is -0.206 e. The Hall–Kier alpha value is -1.77. The first-order chi connectivity index (χ1) is 10.3. The van der Waals surface area contributed by atoms with Crippen LogP contribution in [0.3, 0.4) is 0 Å². The Morgan fingerprint density at radius 3 is 1.55 bits per heavy atom. The highest BCUT2D eigenvalue weighted by atomic mass is 19.2. The maximum atomic E-state index is 13.3. The van der Waals surface area contributed by atoms with Crippen molar-refractivity contribution in [2.45, 2.75) is 46.5 Å². The minimum absolute atomic E-state index is 0.0331. The molecule has 0 aromatic heterocycles. The van der Waals surface area contributed by atoms with Crippen LogP contribution >= 0.6 is 0 Å². The summed E-state index contributed by atoms with van der Waals surface area (Å²) >= 11 is 0. The summed E-state index contributed by atoms with van der Waals surface area (Å²) in [5.74, 6) is -1.23. The molecule has 0 aliphatic rings. The fourth-order valence-electron chi connectivity index (χ4n) is 2.08. The summed E-state index contributed by atoms with van der Waals surface area (Å²) in [6, 6.07) is 9.78. The fourth-order valence-corrected chi connectivity index (χ4v) is 2.08.